The number of phosphoric acid groups is 1. The summed E-state index contributed by atoms with van der Waals surface area (Å²) in [6.45, 7) is 4.93. The molecule has 1 unspecified atom stereocenters. The quantitative estimate of drug-likeness (QED) is 0.0414. The standard InChI is InChI=1S/C33H68NO7P/c1-3-5-7-9-11-13-15-17-19-21-23-25-28-38-30-32(31-40-42(36,37)39-29-27-34)41-33(35)26-24-22-20-18-16-14-12-10-8-6-4-2/h32H,3-31,34H2,1-2H3,(H,36,37)/t32-/m1/s1. The third-order valence-corrected chi connectivity index (χ3v) is 8.51. The Bertz CT molecular complexity index is 623. The van der Waals surface area contributed by atoms with Crippen LogP contribution < -0.4 is 5.73 Å². The van der Waals surface area contributed by atoms with Crippen molar-refractivity contribution in [3.05, 3.63) is 0 Å². The Balaban J connectivity index is 4.10. The number of unbranched alkanes of at least 4 members (excludes halogenated alkanes) is 21. The molecule has 0 aromatic rings. The second kappa shape index (κ2) is 31.9. The summed E-state index contributed by atoms with van der Waals surface area (Å²) in [5.41, 5.74) is 5.34. The van der Waals surface area contributed by atoms with Crippen LogP contribution in [-0.4, -0.2) is 49.9 Å². The Morgan fingerprint density at radius 1 is 0.619 bits per heavy atom. The molecule has 0 amide bonds. The highest BCUT2D eigenvalue weighted by Gasteiger charge is 2.25. The summed E-state index contributed by atoms with van der Waals surface area (Å²) in [6, 6.07) is 0. The van der Waals surface area contributed by atoms with E-state index in [9.17, 15) is 14.3 Å². The van der Waals surface area contributed by atoms with Crippen LogP contribution in [0.2, 0.25) is 0 Å². The largest absolute Gasteiger partial charge is 0.472 e. The molecule has 0 aromatic heterocycles. The molecule has 9 heteroatoms. The molecule has 42 heavy (non-hydrogen) atoms. The number of carbonyl (C=O) groups excluding carboxylic acids is 1. The molecule has 0 rings (SSSR count). The fourth-order valence-electron chi connectivity index (χ4n) is 4.94. The lowest BCUT2D eigenvalue weighted by Gasteiger charge is -2.20. The lowest BCUT2D eigenvalue weighted by Crippen LogP contribution is -2.28. The van der Waals surface area contributed by atoms with Crippen molar-refractivity contribution in [2.24, 2.45) is 5.73 Å². The maximum atomic E-state index is 12.4. The van der Waals surface area contributed by atoms with Crippen molar-refractivity contribution in [1.29, 1.82) is 0 Å². The van der Waals surface area contributed by atoms with E-state index in [1.807, 2.05) is 0 Å². The van der Waals surface area contributed by atoms with Crippen LogP contribution in [0.4, 0.5) is 0 Å². The van der Waals surface area contributed by atoms with Gasteiger partial charge >= 0.3 is 13.8 Å². The lowest BCUT2D eigenvalue weighted by molar-refractivity contribution is -0.154. The molecule has 0 fully saturated rings. The number of nitrogens with two attached hydrogens (primary N) is 1. The fraction of sp³-hybridized carbons (Fsp3) is 0.970. The predicted molar refractivity (Wildman–Crippen MR) is 174 cm³/mol. The normalized spacial score (nSPS) is 13.7. The molecule has 0 aromatic carbocycles. The number of ether oxygens (including phenoxy) is 2. The molecule has 0 bridgehead atoms. The minimum atomic E-state index is -4.25. The molecule has 0 aliphatic carbocycles. The first-order valence-corrected chi connectivity index (χ1v) is 19.0. The topological polar surface area (TPSA) is 117 Å². The zero-order chi connectivity index (χ0) is 31.0. The van der Waals surface area contributed by atoms with Crippen LogP contribution in [0.1, 0.15) is 168 Å². The average Bonchev–Trinajstić information content (AvgIpc) is 2.97. The highest BCUT2D eigenvalue weighted by molar-refractivity contribution is 7.47. The minimum absolute atomic E-state index is 0.0907. The summed E-state index contributed by atoms with van der Waals surface area (Å²) in [6.07, 6.45) is 28.2. The van der Waals surface area contributed by atoms with E-state index >= 15 is 0 Å². The molecule has 0 saturated heterocycles. The summed E-state index contributed by atoms with van der Waals surface area (Å²) in [4.78, 5) is 22.3. The van der Waals surface area contributed by atoms with Crippen molar-refractivity contribution < 1.29 is 32.8 Å². The van der Waals surface area contributed by atoms with Crippen molar-refractivity contribution in [3.8, 4) is 0 Å². The van der Waals surface area contributed by atoms with Gasteiger partial charge in [0.25, 0.3) is 0 Å². The van der Waals surface area contributed by atoms with E-state index in [0.717, 1.165) is 32.1 Å². The van der Waals surface area contributed by atoms with Gasteiger partial charge in [-0.1, -0.05) is 149 Å². The Morgan fingerprint density at radius 3 is 1.50 bits per heavy atom. The summed E-state index contributed by atoms with van der Waals surface area (Å²) < 4.78 is 33.2. The molecule has 8 nitrogen and oxygen atoms in total. The van der Waals surface area contributed by atoms with Crippen LogP contribution >= 0.6 is 7.82 Å². The number of carbonyl (C=O) groups is 1. The second-order valence-electron chi connectivity index (χ2n) is 11.7. The Labute approximate surface area is 259 Å². The number of phosphoric ester groups is 1. The van der Waals surface area contributed by atoms with Gasteiger partial charge in [0.2, 0.25) is 0 Å². The molecular weight excluding hydrogens is 553 g/mol. The van der Waals surface area contributed by atoms with E-state index < -0.39 is 13.9 Å². The first-order valence-electron chi connectivity index (χ1n) is 17.5. The van der Waals surface area contributed by atoms with E-state index in [4.69, 9.17) is 24.3 Å². The predicted octanol–water partition coefficient (Wildman–Crippen LogP) is 9.41. The molecular formula is C33H68NO7P. The van der Waals surface area contributed by atoms with Gasteiger partial charge in [-0.2, -0.15) is 0 Å². The van der Waals surface area contributed by atoms with Crippen molar-refractivity contribution >= 4 is 13.8 Å². The molecule has 252 valence electrons. The molecule has 0 radical (unpaired) electrons. The first kappa shape index (κ1) is 41.5. The molecule has 3 N–H and O–H groups in total. The van der Waals surface area contributed by atoms with Crippen LogP contribution in [-0.2, 0) is 27.9 Å². The summed E-state index contributed by atoms with van der Waals surface area (Å²) in [7, 11) is -4.25. The van der Waals surface area contributed by atoms with Crippen molar-refractivity contribution in [3.63, 3.8) is 0 Å². The van der Waals surface area contributed by atoms with E-state index in [1.165, 1.54) is 116 Å². The van der Waals surface area contributed by atoms with Gasteiger partial charge in [0, 0.05) is 19.6 Å². The summed E-state index contributed by atoms with van der Waals surface area (Å²) >= 11 is 0. The number of hydrogen-bond donors (Lipinski definition) is 2. The van der Waals surface area contributed by atoms with Gasteiger partial charge in [-0.05, 0) is 12.8 Å². The average molecular weight is 622 g/mol. The van der Waals surface area contributed by atoms with E-state index in [-0.39, 0.29) is 32.3 Å². The Hall–Kier alpha value is -0.500. The third kappa shape index (κ3) is 30.9. The first-order chi connectivity index (χ1) is 20.4. The molecule has 0 saturated carbocycles. The van der Waals surface area contributed by atoms with Gasteiger partial charge in [-0.15, -0.1) is 0 Å². The van der Waals surface area contributed by atoms with Gasteiger partial charge in [-0.3, -0.25) is 13.8 Å². The SMILES string of the molecule is CCCCCCCCCCCCCCOC[C@H](COP(=O)(O)OCCN)OC(=O)CCCCCCCCCCCCC. The highest BCUT2D eigenvalue weighted by atomic mass is 31.2. The maximum absolute atomic E-state index is 12.4. The molecule has 2 atom stereocenters. The molecule has 0 aliphatic rings. The molecule has 0 heterocycles. The van der Waals surface area contributed by atoms with E-state index in [0.29, 0.717) is 13.0 Å². The van der Waals surface area contributed by atoms with Crippen molar-refractivity contribution in [2.45, 2.75) is 174 Å². The molecule has 0 spiro atoms. The van der Waals surface area contributed by atoms with Gasteiger partial charge in [-0.25, -0.2) is 4.57 Å². The fourth-order valence-corrected chi connectivity index (χ4v) is 5.70. The van der Waals surface area contributed by atoms with E-state index in [2.05, 4.69) is 13.8 Å². The van der Waals surface area contributed by atoms with Crippen LogP contribution in [0.15, 0.2) is 0 Å². The zero-order valence-electron chi connectivity index (χ0n) is 27.5. The molecule has 0 aliphatic heterocycles. The second-order valence-corrected chi connectivity index (χ2v) is 13.2. The van der Waals surface area contributed by atoms with Crippen LogP contribution in [0.3, 0.4) is 0 Å². The van der Waals surface area contributed by atoms with Gasteiger partial charge in [0.15, 0.2) is 0 Å². The lowest BCUT2D eigenvalue weighted by atomic mass is 10.1. The third-order valence-electron chi connectivity index (χ3n) is 7.52. The number of esters is 1. The van der Waals surface area contributed by atoms with Gasteiger partial charge in [0.1, 0.15) is 6.10 Å². The van der Waals surface area contributed by atoms with E-state index in [1.54, 1.807) is 0 Å². The Kier molecular flexibility index (Phi) is 31.5. The highest BCUT2D eigenvalue weighted by Crippen LogP contribution is 2.43. The number of hydrogen-bond acceptors (Lipinski definition) is 7. The van der Waals surface area contributed by atoms with Crippen LogP contribution in [0.25, 0.3) is 0 Å². The van der Waals surface area contributed by atoms with Crippen molar-refractivity contribution in [1.82, 2.24) is 0 Å². The van der Waals surface area contributed by atoms with Crippen LogP contribution in [0.5, 0.6) is 0 Å². The van der Waals surface area contributed by atoms with Gasteiger partial charge < -0.3 is 20.1 Å². The zero-order valence-corrected chi connectivity index (χ0v) is 28.4. The number of rotatable bonds is 34. The Morgan fingerprint density at radius 2 is 1.05 bits per heavy atom. The van der Waals surface area contributed by atoms with Crippen molar-refractivity contribution in [2.75, 3.05) is 33.0 Å². The monoisotopic (exact) mass is 621 g/mol. The van der Waals surface area contributed by atoms with Crippen LogP contribution in [0, 0.1) is 0 Å². The maximum Gasteiger partial charge on any atom is 0.472 e. The van der Waals surface area contributed by atoms with Gasteiger partial charge in [0.05, 0.1) is 19.8 Å². The summed E-state index contributed by atoms with van der Waals surface area (Å²) in [5.74, 6) is -0.330. The summed E-state index contributed by atoms with van der Waals surface area (Å²) in [5, 5.41) is 0. The smallest absolute Gasteiger partial charge is 0.457 e. The minimum Gasteiger partial charge on any atom is -0.457 e.